The monoisotopic (exact) mass is 409 g/mol. The Kier molecular flexibility index (Phi) is 6.21. The van der Waals surface area contributed by atoms with Crippen molar-refractivity contribution in [3.63, 3.8) is 0 Å². The summed E-state index contributed by atoms with van der Waals surface area (Å²) < 4.78 is 19.8. The third kappa shape index (κ3) is 4.35. The summed E-state index contributed by atoms with van der Waals surface area (Å²) in [5.74, 6) is -1.67. The predicted octanol–water partition coefficient (Wildman–Crippen LogP) is 2.56. The van der Waals surface area contributed by atoms with Crippen LogP contribution in [0, 0.1) is 5.82 Å². The minimum Gasteiger partial charge on any atom is -0.462 e. The van der Waals surface area contributed by atoms with Crippen molar-refractivity contribution in [1.82, 2.24) is 9.38 Å². The van der Waals surface area contributed by atoms with Gasteiger partial charge in [-0.25, -0.2) is 14.2 Å². The van der Waals surface area contributed by atoms with Crippen LogP contribution in [0.25, 0.3) is 16.9 Å². The molecule has 0 saturated heterocycles. The molecule has 0 fully saturated rings. The zero-order valence-electron chi connectivity index (χ0n) is 16.4. The molecule has 0 unspecified atom stereocenters. The van der Waals surface area contributed by atoms with E-state index in [9.17, 15) is 14.0 Å². The highest BCUT2D eigenvalue weighted by atomic mass is 19.1. The molecule has 3 N–H and O–H groups in total. The molecule has 0 radical (unpaired) electrons. The molecule has 0 saturated carbocycles. The third-order valence-corrected chi connectivity index (χ3v) is 4.21. The third-order valence-electron chi connectivity index (χ3n) is 4.21. The summed E-state index contributed by atoms with van der Waals surface area (Å²) in [5, 5.41) is 2.68. The number of hydrogen-bond donors (Lipinski definition) is 2. The number of anilines is 1. The van der Waals surface area contributed by atoms with Gasteiger partial charge >= 0.3 is 5.97 Å². The molecule has 8 nitrogen and oxygen atoms in total. The number of pyridine rings is 1. The number of esters is 1. The molecular weight excluding hydrogens is 389 g/mol. The summed E-state index contributed by atoms with van der Waals surface area (Å²) in [6, 6.07) is 9.34. The molecule has 0 atom stereocenters. The number of aromatic nitrogens is 2. The van der Waals surface area contributed by atoms with Crippen LogP contribution in [0.15, 0.2) is 65.6 Å². The molecule has 0 bridgehead atoms. The Balaban J connectivity index is 1.83. The van der Waals surface area contributed by atoms with E-state index in [-0.39, 0.29) is 23.7 Å². The standard InChI is InChI=1S/C21H20FN5O3/c1-3-30-21(29)16(11-23)19(24-2)20(28)25-15-8-9-27-12-17(26-18(27)10-15)13-4-6-14(22)7-5-13/h4-12H,3,23H2,1-2H3,(H,25,28). The number of ether oxygens (including phenoxy) is 1. The second kappa shape index (κ2) is 8.99. The molecule has 0 aliphatic rings. The molecule has 2 aromatic heterocycles. The number of nitrogens with one attached hydrogen (secondary N) is 1. The molecule has 0 spiro atoms. The predicted molar refractivity (Wildman–Crippen MR) is 111 cm³/mol. The van der Waals surface area contributed by atoms with Gasteiger partial charge in [0.05, 0.1) is 12.3 Å². The Bertz CT molecular complexity index is 1150. The number of rotatable bonds is 6. The van der Waals surface area contributed by atoms with Crippen LogP contribution in [-0.4, -0.2) is 40.6 Å². The number of amides is 1. The first-order valence-corrected chi connectivity index (χ1v) is 9.09. The minimum absolute atomic E-state index is 0.127. The van der Waals surface area contributed by atoms with Crippen LogP contribution in [-0.2, 0) is 14.3 Å². The molecular formula is C21H20FN5O3. The van der Waals surface area contributed by atoms with Crippen LogP contribution in [0.4, 0.5) is 10.1 Å². The fraction of sp³-hybridized carbons (Fsp3) is 0.143. The highest BCUT2D eigenvalue weighted by molar-refractivity contribution is 6.53. The Labute approximate surface area is 171 Å². The van der Waals surface area contributed by atoms with Crippen molar-refractivity contribution < 1.29 is 18.7 Å². The van der Waals surface area contributed by atoms with Crippen LogP contribution < -0.4 is 11.1 Å². The Hall–Kier alpha value is -4.01. The van der Waals surface area contributed by atoms with Gasteiger partial charge in [0.2, 0.25) is 0 Å². The summed E-state index contributed by atoms with van der Waals surface area (Å²) in [5.41, 5.74) is 7.66. The van der Waals surface area contributed by atoms with Gasteiger partial charge in [0.1, 0.15) is 22.7 Å². The van der Waals surface area contributed by atoms with Crippen molar-refractivity contribution >= 4 is 28.9 Å². The smallest absolute Gasteiger partial charge is 0.342 e. The maximum Gasteiger partial charge on any atom is 0.342 e. The van der Waals surface area contributed by atoms with Crippen LogP contribution in [0.3, 0.4) is 0 Å². The highest BCUT2D eigenvalue weighted by Crippen LogP contribution is 2.21. The maximum absolute atomic E-state index is 13.1. The van der Waals surface area contributed by atoms with Crippen molar-refractivity contribution in [2.45, 2.75) is 6.92 Å². The van der Waals surface area contributed by atoms with Gasteiger partial charge in [0.15, 0.2) is 0 Å². The first-order chi connectivity index (χ1) is 14.5. The van der Waals surface area contributed by atoms with Gasteiger partial charge in [-0.2, -0.15) is 0 Å². The largest absolute Gasteiger partial charge is 0.462 e. The van der Waals surface area contributed by atoms with Crippen LogP contribution in [0.5, 0.6) is 0 Å². The Morgan fingerprint density at radius 3 is 2.67 bits per heavy atom. The van der Waals surface area contributed by atoms with Crippen molar-refractivity contribution in [1.29, 1.82) is 0 Å². The number of carbonyl (C=O) groups excluding carboxylic acids is 2. The zero-order valence-corrected chi connectivity index (χ0v) is 16.4. The van der Waals surface area contributed by atoms with E-state index in [1.165, 1.54) is 19.2 Å². The normalized spacial score (nSPS) is 12.1. The van der Waals surface area contributed by atoms with Gasteiger partial charge in [0, 0.05) is 43.0 Å². The summed E-state index contributed by atoms with van der Waals surface area (Å²) in [6.07, 6.45) is 4.51. The maximum atomic E-state index is 13.1. The molecule has 9 heteroatoms. The van der Waals surface area contributed by atoms with E-state index in [4.69, 9.17) is 10.5 Å². The van der Waals surface area contributed by atoms with E-state index in [1.807, 2.05) is 0 Å². The number of benzene rings is 1. The van der Waals surface area contributed by atoms with Gasteiger partial charge in [-0.1, -0.05) is 0 Å². The van der Waals surface area contributed by atoms with Gasteiger partial charge in [0.25, 0.3) is 5.91 Å². The summed E-state index contributed by atoms with van der Waals surface area (Å²) in [6.45, 7) is 1.79. The fourth-order valence-electron chi connectivity index (χ4n) is 2.81. The van der Waals surface area contributed by atoms with E-state index in [0.717, 1.165) is 11.8 Å². The van der Waals surface area contributed by atoms with Crippen LogP contribution in [0.1, 0.15) is 6.92 Å². The molecule has 1 aromatic carbocycles. The lowest BCUT2D eigenvalue weighted by atomic mass is 10.1. The Morgan fingerprint density at radius 2 is 2.03 bits per heavy atom. The zero-order chi connectivity index (χ0) is 21.7. The lowest BCUT2D eigenvalue weighted by molar-refractivity contribution is -0.138. The van der Waals surface area contributed by atoms with Crippen LogP contribution in [0.2, 0.25) is 0 Å². The average Bonchev–Trinajstić information content (AvgIpc) is 3.15. The lowest BCUT2D eigenvalue weighted by Gasteiger charge is -2.10. The first-order valence-electron chi connectivity index (χ1n) is 9.09. The number of fused-ring (bicyclic) bond motifs is 1. The molecule has 3 aromatic rings. The van der Waals surface area contributed by atoms with Crippen molar-refractivity contribution in [2.75, 3.05) is 19.0 Å². The van der Waals surface area contributed by atoms with E-state index >= 15 is 0 Å². The molecule has 154 valence electrons. The molecule has 1 amide bonds. The number of nitrogens with two attached hydrogens (primary N) is 1. The van der Waals surface area contributed by atoms with E-state index in [1.54, 1.807) is 48.0 Å². The SMILES string of the molecule is CCOC(=O)C(=CN)C(=NC)C(=O)Nc1ccn2cc(-c3ccc(F)cc3)nc2c1. The average molecular weight is 409 g/mol. The lowest BCUT2D eigenvalue weighted by Crippen LogP contribution is -2.29. The molecule has 2 heterocycles. The van der Waals surface area contributed by atoms with Gasteiger partial charge in [-0.15, -0.1) is 0 Å². The fourth-order valence-corrected chi connectivity index (χ4v) is 2.81. The molecule has 0 aliphatic heterocycles. The number of nitrogens with zero attached hydrogens (tertiary/aromatic N) is 3. The number of halogens is 1. The van der Waals surface area contributed by atoms with Crippen molar-refractivity contribution in [3.05, 3.63) is 66.4 Å². The minimum atomic E-state index is -0.733. The number of carbonyl (C=O) groups is 2. The topological polar surface area (TPSA) is 111 Å². The van der Waals surface area contributed by atoms with E-state index in [2.05, 4.69) is 15.3 Å². The van der Waals surface area contributed by atoms with Gasteiger partial charge in [-0.05, 0) is 37.3 Å². The number of hydrogen-bond acceptors (Lipinski definition) is 6. The molecule has 0 aliphatic carbocycles. The highest BCUT2D eigenvalue weighted by Gasteiger charge is 2.23. The number of aliphatic imine (C=N–C) groups is 1. The number of imidazole rings is 1. The molecule has 3 rings (SSSR count). The summed E-state index contributed by atoms with van der Waals surface area (Å²) in [4.78, 5) is 33.0. The summed E-state index contributed by atoms with van der Waals surface area (Å²) >= 11 is 0. The quantitative estimate of drug-likeness (QED) is 0.369. The van der Waals surface area contributed by atoms with Crippen LogP contribution >= 0.6 is 0 Å². The van der Waals surface area contributed by atoms with Gasteiger partial charge < -0.3 is 20.2 Å². The first kappa shape index (κ1) is 20.7. The Morgan fingerprint density at radius 1 is 1.30 bits per heavy atom. The van der Waals surface area contributed by atoms with E-state index < -0.39 is 11.9 Å². The van der Waals surface area contributed by atoms with E-state index in [0.29, 0.717) is 17.0 Å². The van der Waals surface area contributed by atoms with Gasteiger partial charge in [-0.3, -0.25) is 9.79 Å². The van der Waals surface area contributed by atoms with Crippen molar-refractivity contribution in [3.8, 4) is 11.3 Å². The molecule has 30 heavy (non-hydrogen) atoms. The second-order valence-corrected chi connectivity index (χ2v) is 6.14. The second-order valence-electron chi connectivity index (χ2n) is 6.14. The summed E-state index contributed by atoms with van der Waals surface area (Å²) in [7, 11) is 1.38. The van der Waals surface area contributed by atoms with Crippen molar-refractivity contribution in [2.24, 2.45) is 10.7 Å².